The Balaban J connectivity index is 1.26. The van der Waals surface area contributed by atoms with Crippen molar-refractivity contribution in [2.45, 2.75) is 164 Å². The van der Waals surface area contributed by atoms with Crippen molar-refractivity contribution >= 4 is 5.97 Å². The monoisotopic (exact) mass is 651 g/mol. The molecule has 4 rings (SSSR count). The summed E-state index contributed by atoms with van der Waals surface area (Å²) in [6.45, 7) is 18.5. The number of allylic oxidation sites excluding steroid dienone is 5. The number of hydrogen-bond acceptors (Lipinski definition) is 2. The second-order valence-electron chi connectivity index (χ2n) is 18.3. The normalized spacial score (nSPS) is 32.0. The number of rotatable bonds is 18. The molecule has 3 heteroatoms. The van der Waals surface area contributed by atoms with Gasteiger partial charge in [0.2, 0.25) is 0 Å². The van der Waals surface area contributed by atoms with Crippen LogP contribution < -0.4 is 0 Å². The number of carbonyl (C=O) groups excluding carboxylic acids is 1. The van der Waals surface area contributed by atoms with Crippen LogP contribution in [-0.4, -0.2) is 43.7 Å². The fourth-order valence-electron chi connectivity index (χ4n) is 10.4. The van der Waals surface area contributed by atoms with Gasteiger partial charge in [0.25, 0.3) is 0 Å². The van der Waals surface area contributed by atoms with Crippen LogP contribution in [0.25, 0.3) is 0 Å². The molecule has 0 aromatic rings. The summed E-state index contributed by atoms with van der Waals surface area (Å²) >= 11 is 0. The van der Waals surface area contributed by atoms with E-state index < -0.39 is 0 Å². The smallest absolute Gasteiger partial charge is 0.362 e. The highest BCUT2D eigenvalue weighted by atomic mass is 16.5. The molecule has 3 nitrogen and oxygen atoms in total. The van der Waals surface area contributed by atoms with E-state index in [-0.39, 0.29) is 17.5 Å². The van der Waals surface area contributed by atoms with E-state index in [9.17, 15) is 4.79 Å². The second-order valence-corrected chi connectivity index (χ2v) is 18.3. The number of carbonyl (C=O) groups is 1. The average molecular weight is 651 g/mol. The lowest BCUT2D eigenvalue weighted by atomic mass is 9.50. The highest BCUT2D eigenvalue weighted by Gasteiger charge is 2.57. The van der Waals surface area contributed by atoms with E-state index in [0.717, 1.165) is 42.1 Å². The Morgan fingerprint density at radius 1 is 0.851 bits per heavy atom. The molecule has 0 bridgehead atoms. The minimum atomic E-state index is -0.000268. The van der Waals surface area contributed by atoms with Crippen LogP contribution in [0.3, 0.4) is 0 Å². The molecular weight excluding hydrogens is 574 g/mol. The number of nitrogens with zero attached hydrogens (tertiary/aromatic N) is 1. The van der Waals surface area contributed by atoms with Gasteiger partial charge in [0, 0.05) is 6.42 Å². The summed E-state index contributed by atoms with van der Waals surface area (Å²) < 4.78 is 6.95. The van der Waals surface area contributed by atoms with E-state index in [1.807, 2.05) is 0 Å². The van der Waals surface area contributed by atoms with E-state index in [1.54, 1.807) is 11.1 Å². The Kier molecular flexibility index (Phi) is 13.9. The van der Waals surface area contributed by atoms with Gasteiger partial charge in [-0.3, -0.25) is 0 Å². The molecule has 0 N–H and O–H groups in total. The minimum Gasteiger partial charge on any atom is -0.458 e. The molecule has 47 heavy (non-hydrogen) atoms. The number of likely N-dealkylation sites (N-methyl/N-ethyl adjacent to an activating group) is 1. The first kappa shape index (κ1) is 38.5. The fraction of sp³-hybridized carbons (Fsp3) is 0.841. The zero-order valence-corrected chi connectivity index (χ0v) is 32.5. The zero-order valence-electron chi connectivity index (χ0n) is 32.5. The average Bonchev–Trinajstić information content (AvgIpc) is 3.37. The van der Waals surface area contributed by atoms with Gasteiger partial charge in [0.15, 0.2) is 6.54 Å². The summed E-state index contributed by atoms with van der Waals surface area (Å²) in [5.41, 5.74) is 3.96. The summed E-state index contributed by atoms with van der Waals surface area (Å²) in [6, 6.07) is 0. The maximum Gasteiger partial charge on any atom is 0.362 e. The number of hydrogen-bond donors (Lipinski definition) is 0. The lowest BCUT2D eigenvalue weighted by molar-refractivity contribution is -0.883. The standard InChI is InChI=1S/C44H76NO2/c1-10-11-12-13-14-15-16-17-18-19-30-45(8,9)32-42(46)47-37-26-28-43(6)36(31-37)22-23-38-40-25-24-39(44(40,7)29-27-41(38)43)35(5)21-20-34(4)33(2)3/h20-23,33-35,37,39-41H,10-19,24-32H2,1-9H3/q+1/b21-20+/t34-,35+,37-,39+,40-,41-,43-,44+/m0/s1. The lowest BCUT2D eigenvalue weighted by Gasteiger charge is -2.55. The third-order valence-corrected chi connectivity index (χ3v) is 14.0. The first-order valence-electron chi connectivity index (χ1n) is 20.4. The van der Waals surface area contributed by atoms with Gasteiger partial charge in [-0.15, -0.1) is 0 Å². The van der Waals surface area contributed by atoms with Crippen LogP contribution >= 0.6 is 0 Å². The fourth-order valence-corrected chi connectivity index (χ4v) is 10.4. The van der Waals surface area contributed by atoms with Gasteiger partial charge in [0.1, 0.15) is 6.10 Å². The van der Waals surface area contributed by atoms with Crippen molar-refractivity contribution in [1.29, 1.82) is 0 Å². The highest BCUT2D eigenvalue weighted by molar-refractivity contribution is 5.70. The van der Waals surface area contributed by atoms with Crippen LogP contribution in [0.2, 0.25) is 0 Å². The van der Waals surface area contributed by atoms with Gasteiger partial charge < -0.3 is 9.22 Å². The van der Waals surface area contributed by atoms with Gasteiger partial charge in [-0.05, 0) is 97.7 Å². The first-order chi connectivity index (χ1) is 22.3. The van der Waals surface area contributed by atoms with Crippen LogP contribution in [0.15, 0.2) is 35.5 Å². The van der Waals surface area contributed by atoms with Crippen LogP contribution in [0.1, 0.15) is 158 Å². The van der Waals surface area contributed by atoms with Crippen LogP contribution in [0.4, 0.5) is 0 Å². The van der Waals surface area contributed by atoms with Crippen molar-refractivity contribution < 1.29 is 14.0 Å². The molecule has 0 unspecified atom stereocenters. The van der Waals surface area contributed by atoms with E-state index in [2.05, 4.69) is 86.9 Å². The zero-order chi connectivity index (χ0) is 34.2. The molecule has 4 aliphatic rings. The van der Waals surface area contributed by atoms with Crippen LogP contribution in [-0.2, 0) is 9.53 Å². The molecule has 268 valence electrons. The number of esters is 1. The predicted molar refractivity (Wildman–Crippen MR) is 201 cm³/mol. The molecule has 0 amide bonds. The summed E-state index contributed by atoms with van der Waals surface area (Å²) in [4.78, 5) is 13.2. The third kappa shape index (κ3) is 9.67. The van der Waals surface area contributed by atoms with Gasteiger partial charge in [-0.2, -0.15) is 0 Å². The van der Waals surface area contributed by atoms with E-state index in [4.69, 9.17) is 4.74 Å². The van der Waals surface area contributed by atoms with E-state index >= 15 is 0 Å². The summed E-state index contributed by atoms with van der Waals surface area (Å²) in [6.07, 6.45) is 32.1. The SMILES string of the molecule is CCCCCCCCCCCC[N+](C)(C)CC(=O)O[C@H]1CC[C@@]2(C)C(=CC=C3[C@@H]4CC[C@H]([C@H](C)/C=C/[C@H](C)C(C)C)[C@@]4(C)CC[C@@H]32)C1. The Labute approximate surface area is 292 Å². The molecule has 0 aliphatic heterocycles. The van der Waals surface area contributed by atoms with Crippen molar-refractivity contribution in [3.63, 3.8) is 0 Å². The molecule has 0 aromatic carbocycles. The highest BCUT2D eigenvalue weighted by Crippen LogP contribution is 2.66. The van der Waals surface area contributed by atoms with E-state index in [0.29, 0.717) is 35.6 Å². The van der Waals surface area contributed by atoms with Gasteiger partial charge in [-0.25, -0.2) is 4.79 Å². The molecule has 0 aromatic heterocycles. The summed E-state index contributed by atoms with van der Waals surface area (Å²) in [5.74, 6) is 4.18. The lowest BCUT2D eigenvalue weighted by Crippen LogP contribution is -2.48. The van der Waals surface area contributed by atoms with Gasteiger partial charge in [-0.1, -0.05) is 135 Å². The number of quaternary nitrogens is 1. The molecule has 3 saturated carbocycles. The van der Waals surface area contributed by atoms with Crippen LogP contribution in [0.5, 0.6) is 0 Å². The Hall–Kier alpha value is -1.35. The molecular formula is C44H76NO2+. The maximum atomic E-state index is 13.2. The summed E-state index contributed by atoms with van der Waals surface area (Å²) in [5, 5.41) is 0. The molecule has 0 radical (unpaired) electrons. The quantitative estimate of drug-likeness (QED) is 0.0638. The van der Waals surface area contributed by atoms with Crippen LogP contribution in [0, 0.1) is 46.3 Å². The molecule has 0 saturated heterocycles. The molecule has 3 fully saturated rings. The number of ether oxygens (including phenoxy) is 1. The molecule has 8 atom stereocenters. The molecule has 0 spiro atoms. The first-order valence-corrected chi connectivity index (χ1v) is 20.4. The van der Waals surface area contributed by atoms with Crippen molar-refractivity contribution in [1.82, 2.24) is 0 Å². The molecule has 0 heterocycles. The summed E-state index contributed by atoms with van der Waals surface area (Å²) in [7, 11) is 4.41. The minimum absolute atomic E-state index is 0.000268. The third-order valence-electron chi connectivity index (χ3n) is 14.0. The number of fused-ring (bicyclic) bond motifs is 5. The maximum absolute atomic E-state index is 13.2. The van der Waals surface area contributed by atoms with Crippen molar-refractivity contribution in [3.05, 3.63) is 35.5 Å². The Morgan fingerprint density at radius 2 is 1.51 bits per heavy atom. The van der Waals surface area contributed by atoms with E-state index in [1.165, 1.54) is 89.9 Å². The Morgan fingerprint density at radius 3 is 2.17 bits per heavy atom. The number of unbranched alkanes of at least 4 members (excludes halogenated alkanes) is 9. The predicted octanol–water partition coefficient (Wildman–Crippen LogP) is 11.9. The van der Waals surface area contributed by atoms with Crippen molar-refractivity contribution in [2.75, 3.05) is 27.2 Å². The largest absolute Gasteiger partial charge is 0.458 e. The van der Waals surface area contributed by atoms with Crippen molar-refractivity contribution in [3.8, 4) is 0 Å². The molecule has 4 aliphatic carbocycles. The topological polar surface area (TPSA) is 26.3 Å². The van der Waals surface area contributed by atoms with Gasteiger partial charge in [0.05, 0.1) is 20.6 Å². The Bertz CT molecular complexity index is 1100. The second kappa shape index (κ2) is 17.0. The van der Waals surface area contributed by atoms with Crippen molar-refractivity contribution in [2.24, 2.45) is 46.3 Å². The van der Waals surface area contributed by atoms with Gasteiger partial charge >= 0.3 is 5.97 Å².